The highest BCUT2D eigenvalue weighted by Crippen LogP contribution is 2.17. The molecule has 1 fully saturated rings. The number of aliphatic imine (C=N–C) groups is 1. The third kappa shape index (κ3) is 4.97. The van der Waals surface area contributed by atoms with Gasteiger partial charge in [-0.3, -0.25) is 0 Å². The van der Waals surface area contributed by atoms with Gasteiger partial charge < -0.3 is 15.1 Å². The molecule has 138 valence electrons. The Kier molecular flexibility index (Phi) is 6.47. The van der Waals surface area contributed by atoms with Gasteiger partial charge in [-0.1, -0.05) is 36.4 Å². The molecule has 1 aromatic carbocycles. The Hall–Kier alpha value is -2.56. The molecule has 5 heteroatoms. The van der Waals surface area contributed by atoms with Crippen molar-refractivity contribution in [3.8, 4) is 0 Å². The summed E-state index contributed by atoms with van der Waals surface area (Å²) in [6.07, 6.45) is 4.50. The van der Waals surface area contributed by atoms with Crippen molar-refractivity contribution in [3.63, 3.8) is 0 Å². The quantitative estimate of drug-likeness (QED) is 0.641. The minimum absolute atomic E-state index is 0.634. The minimum atomic E-state index is 0.634. The fourth-order valence-electron chi connectivity index (χ4n) is 3.21. The van der Waals surface area contributed by atoms with Gasteiger partial charge in [-0.2, -0.15) is 0 Å². The third-order valence-electron chi connectivity index (χ3n) is 4.61. The molecule has 2 heterocycles. The molecule has 1 aliphatic heterocycles. The Morgan fingerprint density at radius 1 is 1.12 bits per heavy atom. The lowest BCUT2D eigenvalue weighted by Crippen LogP contribution is -2.38. The lowest BCUT2D eigenvalue weighted by Gasteiger charge is -2.22. The SMILES string of the molecule is CCNC(=NCc1ccc(N2CCCC2)nc1)N(C)Cc1ccccc1. The van der Waals surface area contributed by atoms with Gasteiger partial charge in [0.05, 0.1) is 6.54 Å². The molecule has 1 saturated heterocycles. The zero-order chi connectivity index (χ0) is 18.2. The molecule has 5 nitrogen and oxygen atoms in total. The second-order valence-corrected chi connectivity index (χ2v) is 6.73. The van der Waals surface area contributed by atoms with Crippen LogP contribution in [-0.4, -0.2) is 42.5 Å². The average Bonchev–Trinajstić information content (AvgIpc) is 3.21. The van der Waals surface area contributed by atoms with Gasteiger partial charge in [-0.05, 0) is 37.0 Å². The van der Waals surface area contributed by atoms with E-state index in [4.69, 9.17) is 4.99 Å². The number of guanidine groups is 1. The molecule has 1 aromatic heterocycles. The van der Waals surface area contributed by atoms with Gasteiger partial charge in [-0.25, -0.2) is 9.98 Å². The maximum atomic E-state index is 4.78. The largest absolute Gasteiger partial charge is 0.357 e. The molecule has 3 rings (SSSR count). The lowest BCUT2D eigenvalue weighted by molar-refractivity contribution is 0.477. The van der Waals surface area contributed by atoms with E-state index >= 15 is 0 Å². The van der Waals surface area contributed by atoms with E-state index in [-0.39, 0.29) is 0 Å². The smallest absolute Gasteiger partial charge is 0.194 e. The summed E-state index contributed by atoms with van der Waals surface area (Å²) in [6, 6.07) is 14.7. The molecule has 0 radical (unpaired) electrons. The molecule has 1 N–H and O–H groups in total. The number of anilines is 1. The summed E-state index contributed by atoms with van der Waals surface area (Å²) in [7, 11) is 2.07. The number of aromatic nitrogens is 1. The predicted octanol–water partition coefficient (Wildman–Crippen LogP) is 3.28. The number of hydrogen-bond donors (Lipinski definition) is 1. The van der Waals surface area contributed by atoms with Gasteiger partial charge in [0.15, 0.2) is 5.96 Å². The van der Waals surface area contributed by atoms with Gasteiger partial charge in [-0.15, -0.1) is 0 Å². The monoisotopic (exact) mass is 351 g/mol. The van der Waals surface area contributed by atoms with Crippen LogP contribution in [-0.2, 0) is 13.1 Å². The Bertz CT molecular complexity index is 690. The third-order valence-corrected chi connectivity index (χ3v) is 4.61. The van der Waals surface area contributed by atoms with Gasteiger partial charge >= 0.3 is 0 Å². The van der Waals surface area contributed by atoms with Crippen molar-refractivity contribution in [3.05, 3.63) is 59.8 Å². The molecule has 0 saturated carbocycles. The van der Waals surface area contributed by atoms with Crippen LogP contribution in [0.5, 0.6) is 0 Å². The number of pyridine rings is 1. The Morgan fingerprint density at radius 3 is 2.54 bits per heavy atom. The number of nitrogens with one attached hydrogen (secondary N) is 1. The van der Waals surface area contributed by atoms with Crippen molar-refractivity contribution >= 4 is 11.8 Å². The van der Waals surface area contributed by atoms with Crippen molar-refractivity contribution in [1.29, 1.82) is 0 Å². The van der Waals surface area contributed by atoms with Crippen LogP contribution < -0.4 is 10.2 Å². The number of benzene rings is 1. The molecule has 0 bridgehead atoms. The number of hydrogen-bond acceptors (Lipinski definition) is 3. The van der Waals surface area contributed by atoms with E-state index in [0.717, 1.165) is 43.5 Å². The molecule has 0 unspecified atom stereocenters. The van der Waals surface area contributed by atoms with Crippen molar-refractivity contribution in [2.75, 3.05) is 31.6 Å². The highest BCUT2D eigenvalue weighted by atomic mass is 15.3. The van der Waals surface area contributed by atoms with E-state index in [1.807, 2.05) is 12.3 Å². The van der Waals surface area contributed by atoms with Crippen LogP contribution in [0, 0.1) is 0 Å². The molecule has 0 spiro atoms. The van der Waals surface area contributed by atoms with Crippen LogP contribution in [0.3, 0.4) is 0 Å². The summed E-state index contributed by atoms with van der Waals surface area (Å²) < 4.78 is 0. The van der Waals surface area contributed by atoms with Crippen molar-refractivity contribution in [2.24, 2.45) is 4.99 Å². The highest BCUT2D eigenvalue weighted by molar-refractivity contribution is 5.79. The molecular weight excluding hydrogens is 322 g/mol. The highest BCUT2D eigenvalue weighted by Gasteiger charge is 2.13. The lowest BCUT2D eigenvalue weighted by atomic mass is 10.2. The molecule has 0 amide bonds. The summed E-state index contributed by atoms with van der Waals surface area (Å²) in [5.41, 5.74) is 2.41. The van der Waals surface area contributed by atoms with Crippen LogP contribution in [0.2, 0.25) is 0 Å². The van der Waals surface area contributed by atoms with Crippen LogP contribution in [0.4, 0.5) is 5.82 Å². The standard InChI is InChI=1S/C21H29N5/c1-3-22-21(25(2)17-18-9-5-4-6-10-18)24-16-19-11-12-20(23-15-19)26-13-7-8-14-26/h4-6,9-12,15H,3,7-8,13-14,16-17H2,1-2H3,(H,22,24). The summed E-state index contributed by atoms with van der Waals surface area (Å²) in [6.45, 7) is 6.66. The Labute approximate surface area is 156 Å². The zero-order valence-electron chi connectivity index (χ0n) is 15.9. The van der Waals surface area contributed by atoms with E-state index in [2.05, 4.69) is 70.5 Å². The van der Waals surface area contributed by atoms with Crippen molar-refractivity contribution < 1.29 is 0 Å². The topological polar surface area (TPSA) is 43.8 Å². The number of nitrogens with zero attached hydrogens (tertiary/aromatic N) is 4. The molecule has 2 aromatic rings. The van der Waals surface area contributed by atoms with Gasteiger partial charge in [0.25, 0.3) is 0 Å². The van der Waals surface area contributed by atoms with E-state index in [1.165, 1.54) is 18.4 Å². The fraction of sp³-hybridized carbons (Fsp3) is 0.429. The summed E-state index contributed by atoms with van der Waals surface area (Å²) >= 11 is 0. The number of rotatable bonds is 6. The minimum Gasteiger partial charge on any atom is -0.357 e. The van der Waals surface area contributed by atoms with Crippen LogP contribution >= 0.6 is 0 Å². The Morgan fingerprint density at radius 2 is 1.88 bits per heavy atom. The van der Waals surface area contributed by atoms with Crippen LogP contribution in [0.15, 0.2) is 53.7 Å². The van der Waals surface area contributed by atoms with Gasteiger partial charge in [0, 0.05) is 39.4 Å². The molecular formula is C21H29N5. The normalized spacial score (nSPS) is 14.5. The maximum absolute atomic E-state index is 4.78. The summed E-state index contributed by atoms with van der Waals surface area (Å²) in [4.78, 5) is 13.9. The first-order chi connectivity index (χ1) is 12.8. The second kappa shape index (κ2) is 9.22. The fourth-order valence-corrected chi connectivity index (χ4v) is 3.21. The maximum Gasteiger partial charge on any atom is 0.194 e. The zero-order valence-corrected chi connectivity index (χ0v) is 15.9. The van der Waals surface area contributed by atoms with E-state index in [0.29, 0.717) is 6.54 Å². The van der Waals surface area contributed by atoms with Gasteiger partial charge in [0.2, 0.25) is 0 Å². The molecule has 0 atom stereocenters. The molecule has 1 aliphatic rings. The van der Waals surface area contributed by atoms with E-state index in [1.54, 1.807) is 0 Å². The van der Waals surface area contributed by atoms with Crippen molar-refractivity contribution in [2.45, 2.75) is 32.9 Å². The van der Waals surface area contributed by atoms with Crippen LogP contribution in [0.1, 0.15) is 30.9 Å². The predicted molar refractivity (Wildman–Crippen MR) is 108 cm³/mol. The Balaban J connectivity index is 1.62. The second-order valence-electron chi connectivity index (χ2n) is 6.73. The molecule has 26 heavy (non-hydrogen) atoms. The van der Waals surface area contributed by atoms with Crippen molar-refractivity contribution in [1.82, 2.24) is 15.2 Å². The van der Waals surface area contributed by atoms with Gasteiger partial charge in [0.1, 0.15) is 5.82 Å². The first-order valence-electron chi connectivity index (χ1n) is 9.49. The van der Waals surface area contributed by atoms with E-state index < -0.39 is 0 Å². The molecule has 0 aliphatic carbocycles. The summed E-state index contributed by atoms with van der Waals surface area (Å²) in [5, 5.41) is 3.38. The average molecular weight is 351 g/mol. The summed E-state index contributed by atoms with van der Waals surface area (Å²) in [5.74, 6) is 2.00. The first-order valence-corrected chi connectivity index (χ1v) is 9.49. The van der Waals surface area contributed by atoms with Crippen LogP contribution in [0.25, 0.3) is 0 Å². The first kappa shape index (κ1) is 18.2. The van der Waals surface area contributed by atoms with E-state index in [9.17, 15) is 0 Å².